The molecular weight excluding hydrogens is 280 g/mol. The molecule has 3 aromatic rings. The topological polar surface area (TPSA) is 56.0 Å². The highest BCUT2D eigenvalue weighted by Crippen LogP contribution is 2.22. The Morgan fingerprint density at radius 1 is 1.11 bits per heavy atom. The highest BCUT2D eigenvalue weighted by Gasteiger charge is 2.14. The van der Waals surface area contributed by atoms with E-state index >= 15 is 0 Å². The molecule has 0 unspecified atom stereocenters. The second-order valence-corrected chi connectivity index (χ2v) is 4.13. The van der Waals surface area contributed by atoms with Crippen molar-refractivity contribution in [2.45, 2.75) is 0 Å². The molecule has 8 heteroatoms. The van der Waals surface area contributed by atoms with Crippen LogP contribution in [0, 0.1) is 5.82 Å². The molecule has 0 spiro atoms. The van der Waals surface area contributed by atoms with Crippen molar-refractivity contribution in [1.82, 2.24) is 24.6 Å². The first-order valence-electron chi connectivity index (χ1n) is 4.84. The lowest BCUT2D eigenvalue weighted by Gasteiger charge is -2.01. The van der Waals surface area contributed by atoms with Crippen molar-refractivity contribution < 1.29 is 4.39 Å². The maximum absolute atomic E-state index is 13.7. The first-order chi connectivity index (χ1) is 8.65. The zero-order valence-electron chi connectivity index (χ0n) is 8.68. The van der Waals surface area contributed by atoms with Gasteiger partial charge in [-0.3, -0.25) is 0 Å². The van der Waals surface area contributed by atoms with Crippen molar-refractivity contribution in [2.24, 2.45) is 0 Å². The molecule has 0 radical (unpaired) electrons. The zero-order chi connectivity index (χ0) is 12.7. The third-order valence-electron chi connectivity index (χ3n) is 2.29. The van der Waals surface area contributed by atoms with E-state index in [9.17, 15) is 4.39 Å². The molecule has 3 rings (SSSR count). The summed E-state index contributed by atoms with van der Waals surface area (Å²) in [5.41, 5.74) is 0.912. The normalized spacial score (nSPS) is 11.1. The summed E-state index contributed by atoms with van der Waals surface area (Å²) < 4.78 is 15.1. The van der Waals surface area contributed by atoms with Crippen LogP contribution in [0.5, 0.6) is 0 Å². The Morgan fingerprint density at radius 2 is 1.94 bits per heavy atom. The van der Waals surface area contributed by atoms with Crippen LogP contribution in [-0.2, 0) is 0 Å². The van der Waals surface area contributed by atoms with Gasteiger partial charge in [-0.1, -0.05) is 11.6 Å². The van der Waals surface area contributed by atoms with Crippen LogP contribution in [-0.4, -0.2) is 24.6 Å². The van der Waals surface area contributed by atoms with Gasteiger partial charge in [0.1, 0.15) is 16.5 Å². The minimum absolute atomic E-state index is 0.0252. The summed E-state index contributed by atoms with van der Waals surface area (Å²) in [4.78, 5) is 11.5. The van der Waals surface area contributed by atoms with Gasteiger partial charge in [0.05, 0.1) is 12.4 Å². The maximum Gasteiger partial charge on any atom is 0.223 e. The molecule has 0 saturated carbocycles. The Bertz CT molecular complexity index is 742. The molecule has 0 aliphatic heterocycles. The van der Waals surface area contributed by atoms with Crippen molar-refractivity contribution in [2.75, 3.05) is 0 Å². The molecule has 5 nitrogen and oxygen atoms in total. The Labute approximate surface area is 110 Å². The predicted molar refractivity (Wildman–Crippen MR) is 64.0 cm³/mol. The van der Waals surface area contributed by atoms with Crippen LogP contribution < -0.4 is 0 Å². The van der Waals surface area contributed by atoms with E-state index in [1.54, 1.807) is 12.1 Å². The van der Waals surface area contributed by atoms with Crippen LogP contribution in [0.15, 0.2) is 24.5 Å². The molecule has 0 aliphatic rings. The standard InChI is InChI=1S/C10H4Cl2FN5/c11-7-1-2-8-14-4-6(18(8)17-7)9-5(13)3-15-10(12)16-9/h1-4H. The number of imidazole rings is 1. The van der Waals surface area contributed by atoms with E-state index in [4.69, 9.17) is 23.2 Å². The molecule has 0 aliphatic carbocycles. The van der Waals surface area contributed by atoms with E-state index in [0.717, 1.165) is 6.20 Å². The molecular formula is C10H4Cl2FN5. The van der Waals surface area contributed by atoms with Crippen LogP contribution >= 0.6 is 23.2 Å². The predicted octanol–water partition coefficient (Wildman–Crippen LogP) is 2.63. The number of hydrogen-bond acceptors (Lipinski definition) is 4. The summed E-state index contributed by atoms with van der Waals surface area (Å²) in [5, 5.41) is 4.25. The van der Waals surface area contributed by atoms with Gasteiger partial charge >= 0.3 is 0 Å². The van der Waals surface area contributed by atoms with Crippen LogP contribution in [0.2, 0.25) is 10.4 Å². The Kier molecular flexibility index (Phi) is 2.61. The van der Waals surface area contributed by atoms with E-state index in [0.29, 0.717) is 11.3 Å². The third-order valence-corrected chi connectivity index (χ3v) is 2.67. The molecule has 3 aromatic heterocycles. The molecule has 0 aromatic carbocycles. The van der Waals surface area contributed by atoms with Crippen LogP contribution in [0.3, 0.4) is 0 Å². The number of aromatic nitrogens is 5. The minimum Gasteiger partial charge on any atom is -0.235 e. The van der Waals surface area contributed by atoms with Gasteiger partial charge in [-0.05, 0) is 23.7 Å². The third kappa shape index (κ3) is 1.79. The van der Waals surface area contributed by atoms with E-state index in [1.807, 2.05) is 0 Å². The lowest BCUT2D eigenvalue weighted by Crippen LogP contribution is -1.99. The number of halogens is 3. The second kappa shape index (κ2) is 4.15. The van der Waals surface area contributed by atoms with Gasteiger partial charge < -0.3 is 0 Å². The molecule has 18 heavy (non-hydrogen) atoms. The van der Waals surface area contributed by atoms with E-state index < -0.39 is 5.82 Å². The quantitative estimate of drug-likeness (QED) is 0.644. The van der Waals surface area contributed by atoms with Gasteiger partial charge in [0.2, 0.25) is 5.28 Å². The SMILES string of the molecule is Fc1cnc(Cl)nc1-c1cnc2ccc(Cl)nn12. The fourth-order valence-corrected chi connectivity index (χ4v) is 1.81. The first-order valence-corrected chi connectivity index (χ1v) is 5.59. The number of rotatable bonds is 1. The van der Waals surface area contributed by atoms with Crippen molar-refractivity contribution in [3.63, 3.8) is 0 Å². The van der Waals surface area contributed by atoms with Crippen LogP contribution in [0.25, 0.3) is 17.0 Å². The summed E-state index contributed by atoms with van der Waals surface area (Å²) in [6.45, 7) is 0. The summed E-state index contributed by atoms with van der Waals surface area (Å²) in [5.74, 6) is -0.608. The molecule has 0 N–H and O–H groups in total. The van der Waals surface area contributed by atoms with Crippen molar-refractivity contribution in [3.8, 4) is 11.4 Å². The van der Waals surface area contributed by atoms with Crippen molar-refractivity contribution in [3.05, 3.63) is 40.8 Å². The second-order valence-electron chi connectivity index (χ2n) is 3.41. The number of fused-ring (bicyclic) bond motifs is 1. The van der Waals surface area contributed by atoms with Gasteiger partial charge in [0.25, 0.3) is 0 Å². The molecule has 0 bridgehead atoms. The Hall–Kier alpha value is -1.79. The lowest BCUT2D eigenvalue weighted by atomic mass is 10.3. The summed E-state index contributed by atoms with van der Waals surface area (Å²) in [6.07, 6.45) is 2.44. The van der Waals surface area contributed by atoms with Gasteiger partial charge in [-0.15, -0.1) is 0 Å². The number of nitrogens with zero attached hydrogens (tertiary/aromatic N) is 5. The van der Waals surface area contributed by atoms with Gasteiger partial charge in [0.15, 0.2) is 11.5 Å². The van der Waals surface area contributed by atoms with Crippen molar-refractivity contribution in [1.29, 1.82) is 0 Å². The highest BCUT2D eigenvalue weighted by atomic mass is 35.5. The largest absolute Gasteiger partial charge is 0.235 e. The average molecular weight is 284 g/mol. The van der Waals surface area contributed by atoms with Gasteiger partial charge in [0, 0.05) is 0 Å². The number of hydrogen-bond donors (Lipinski definition) is 0. The van der Waals surface area contributed by atoms with E-state index in [1.165, 1.54) is 10.7 Å². The molecule has 0 amide bonds. The molecule has 0 saturated heterocycles. The lowest BCUT2D eigenvalue weighted by molar-refractivity contribution is 0.616. The van der Waals surface area contributed by atoms with Gasteiger partial charge in [-0.25, -0.2) is 23.9 Å². The first kappa shape index (κ1) is 11.3. The zero-order valence-corrected chi connectivity index (χ0v) is 10.2. The summed E-state index contributed by atoms with van der Waals surface area (Å²) in [7, 11) is 0. The smallest absolute Gasteiger partial charge is 0.223 e. The summed E-state index contributed by atoms with van der Waals surface area (Å²) in [6, 6.07) is 3.26. The molecule has 0 atom stereocenters. The van der Waals surface area contributed by atoms with Crippen molar-refractivity contribution >= 4 is 28.8 Å². The Balaban J connectivity index is 2.31. The van der Waals surface area contributed by atoms with Gasteiger partial charge in [-0.2, -0.15) is 5.10 Å². The summed E-state index contributed by atoms with van der Waals surface area (Å²) >= 11 is 11.4. The van der Waals surface area contributed by atoms with Crippen LogP contribution in [0.4, 0.5) is 4.39 Å². The Morgan fingerprint density at radius 3 is 2.78 bits per heavy atom. The highest BCUT2D eigenvalue weighted by molar-refractivity contribution is 6.29. The monoisotopic (exact) mass is 283 g/mol. The average Bonchev–Trinajstić information content (AvgIpc) is 2.75. The van der Waals surface area contributed by atoms with E-state index in [2.05, 4.69) is 20.1 Å². The molecule has 3 heterocycles. The minimum atomic E-state index is -0.608. The van der Waals surface area contributed by atoms with Crippen LogP contribution in [0.1, 0.15) is 0 Å². The molecule has 0 fully saturated rings. The fraction of sp³-hybridized carbons (Fsp3) is 0. The van der Waals surface area contributed by atoms with E-state index in [-0.39, 0.29) is 16.1 Å². The fourth-order valence-electron chi connectivity index (χ4n) is 1.54. The maximum atomic E-state index is 13.7. The molecule has 90 valence electrons.